The Morgan fingerprint density at radius 2 is 2.24 bits per heavy atom. The molecule has 17 heavy (non-hydrogen) atoms. The summed E-state index contributed by atoms with van der Waals surface area (Å²) in [5, 5.41) is 3.30. The Labute approximate surface area is 109 Å². The third-order valence-corrected chi connectivity index (χ3v) is 3.38. The van der Waals surface area contributed by atoms with Crippen LogP contribution in [0.4, 0.5) is 0 Å². The molecule has 2 saturated heterocycles. The minimum atomic E-state index is -0.185. The van der Waals surface area contributed by atoms with E-state index in [0.717, 1.165) is 39.0 Å². The van der Waals surface area contributed by atoms with Gasteiger partial charge < -0.3 is 15.0 Å². The fourth-order valence-electron chi connectivity index (χ4n) is 2.53. The lowest BCUT2D eigenvalue weighted by atomic mass is 9.97. The molecule has 4 nitrogen and oxygen atoms in total. The molecular formula is C12H23ClN2O2. The maximum Gasteiger partial charge on any atom is 0.227 e. The summed E-state index contributed by atoms with van der Waals surface area (Å²) in [5.74, 6) is 0.492. The van der Waals surface area contributed by atoms with Crippen molar-refractivity contribution < 1.29 is 9.53 Å². The number of carbonyl (C=O) groups is 1. The number of ether oxygens (including phenoxy) is 1. The van der Waals surface area contributed by atoms with Crippen molar-refractivity contribution in [1.29, 1.82) is 0 Å². The van der Waals surface area contributed by atoms with Gasteiger partial charge in [0.05, 0.1) is 18.1 Å². The number of halogens is 1. The van der Waals surface area contributed by atoms with Crippen molar-refractivity contribution in [3.05, 3.63) is 0 Å². The van der Waals surface area contributed by atoms with Gasteiger partial charge in [0.15, 0.2) is 0 Å². The lowest BCUT2D eigenvalue weighted by Gasteiger charge is -2.40. The molecule has 0 bridgehead atoms. The largest absolute Gasteiger partial charge is 0.372 e. The number of rotatable bonds is 1. The fourth-order valence-corrected chi connectivity index (χ4v) is 2.53. The van der Waals surface area contributed by atoms with Gasteiger partial charge in [-0.05, 0) is 33.2 Å². The third kappa shape index (κ3) is 3.83. The molecule has 2 fully saturated rings. The highest BCUT2D eigenvalue weighted by Gasteiger charge is 2.33. The number of hydrogen-bond donors (Lipinski definition) is 1. The van der Waals surface area contributed by atoms with E-state index < -0.39 is 0 Å². The third-order valence-electron chi connectivity index (χ3n) is 3.38. The van der Waals surface area contributed by atoms with E-state index in [1.54, 1.807) is 0 Å². The average Bonchev–Trinajstić information content (AvgIpc) is 2.28. The molecule has 1 amide bonds. The van der Waals surface area contributed by atoms with Crippen LogP contribution >= 0.6 is 12.4 Å². The molecule has 0 radical (unpaired) electrons. The maximum absolute atomic E-state index is 12.3. The molecule has 2 heterocycles. The second-order valence-electron chi connectivity index (χ2n) is 5.41. The first kappa shape index (κ1) is 14.7. The van der Waals surface area contributed by atoms with E-state index >= 15 is 0 Å². The molecule has 0 aromatic heterocycles. The van der Waals surface area contributed by atoms with E-state index in [-0.39, 0.29) is 23.9 Å². The maximum atomic E-state index is 12.3. The molecular weight excluding hydrogens is 240 g/mol. The Hall–Kier alpha value is -0.320. The molecule has 0 aliphatic carbocycles. The van der Waals surface area contributed by atoms with E-state index in [1.165, 1.54) is 0 Å². The molecule has 100 valence electrons. The Bertz CT molecular complexity index is 265. The quantitative estimate of drug-likeness (QED) is 0.768. The van der Waals surface area contributed by atoms with Gasteiger partial charge in [-0.25, -0.2) is 0 Å². The van der Waals surface area contributed by atoms with E-state index in [0.29, 0.717) is 12.5 Å². The summed E-state index contributed by atoms with van der Waals surface area (Å²) in [7, 11) is 0. The van der Waals surface area contributed by atoms with Crippen molar-refractivity contribution in [1.82, 2.24) is 10.2 Å². The molecule has 5 heteroatoms. The van der Waals surface area contributed by atoms with E-state index in [4.69, 9.17) is 4.74 Å². The van der Waals surface area contributed by atoms with Crippen molar-refractivity contribution in [2.45, 2.75) is 32.3 Å². The summed E-state index contributed by atoms with van der Waals surface area (Å²) in [5.41, 5.74) is -0.185. The fraction of sp³-hybridized carbons (Fsp3) is 0.917. The van der Waals surface area contributed by atoms with Crippen LogP contribution in [0.1, 0.15) is 26.7 Å². The first-order chi connectivity index (χ1) is 7.58. The molecule has 2 aliphatic heterocycles. The first-order valence-corrected chi connectivity index (χ1v) is 6.22. The first-order valence-electron chi connectivity index (χ1n) is 6.22. The Balaban J connectivity index is 0.00000144. The summed E-state index contributed by atoms with van der Waals surface area (Å²) in [6.45, 7) is 8.13. The predicted octanol–water partition coefficient (Wildman–Crippen LogP) is 1.05. The summed E-state index contributed by atoms with van der Waals surface area (Å²) in [4.78, 5) is 14.2. The van der Waals surface area contributed by atoms with Gasteiger partial charge in [-0.2, -0.15) is 0 Å². The average molecular weight is 263 g/mol. The molecule has 0 aromatic carbocycles. The van der Waals surface area contributed by atoms with Crippen molar-refractivity contribution in [2.75, 3.05) is 32.8 Å². The monoisotopic (exact) mass is 262 g/mol. The molecule has 1 unspecified atom stereocenters. The zero-order valence-corrected chi connectivity index (χ0v) is 11.5. The van der Waals surface area contributed by atoms with Gasteiger partial charge in [0.2, 0.25) is 5.91 Å². The van der Waals surface area contributed by atoms with Crippen LogP contribution in [0.5, 0.6) is 0 Å². The normalized spacial score (nSPS) is 28.4. The van der Waals surface area contributed by atoms with Crippen LogP contribution in [0.3, 0.4) is 0 Å². The molecule has 2 rings (SSSR count). The second kappa shape index (κ2) is 6.03. The smallest absolute Gasteiger partial charge is 0.227 e. The zero-order valence-electron chi connectivity index (χ0n) is 10.7. The van der Waals surface area contributed by atoms with Gasteiger partial charge in [0.25, 0.3) is 0 Å². The second-order valence-corrected chi connectivity index (χ2v) is 5.41. The minimum absolute atomic E-state index is 0. The number of morpholine rings is 1. The van der Waals surface area contributed by atoms with Crippen LogP contribution in [0.25, 0.3) is 0 Å². The van der Waals surface area contributed by atoms with Gasteiger partial charge in [-0.15, -0.1) is 12.4 Å². The van der Waals surface area contributed by atoms with Crippen LogP contribution in [0, 0.1) is 5.92 Å². The molecule has 1 N–H and O–H groups in total. The Kier molecular flexibility index (Phi) is 5.22. The molecule has 2 aliphatic rings. The molecule has 0 spiro atoms. The standard InChI is InChI=1S/C12H22N2O2.ClH/c1-12(2)9-14(6-7-16-12)11(15)10-4-3-5-13-8-10;/h10,13H,3-9H2,1-2H3;1H. The SMILES string of the molecule is CC1(C)CN(C(=O)C2CCCNC2)CCO1.Cl. The van der Waals surface area contributed by atoms with Gasteiger partial charge in [0.1, 0.15) is 0 Å². The van der Waals surface area contributed by atoms with Crippen LogP contribution in [0.15, 0.2) is 0 Å². The van der Waals surface area contributed by atoms with Crippen molar-refractivity contribution in [3.8, 4) is 0 Å². The minimum Gasteiger partial charge on any atom is -0.372 e. The highest BCUT2D eigenvalue weighted by Crippen LogP contribution is 2.20. The summed E-state index contributed by atoms with van der Waals surface area (Å²) in [6.07, 6.45) is 2.15. The topological polar surface area (TPSA) is 41.6 Å². The van der Waals surface area contributed by atoms with Crippen LogP contribution in [-0.4, -0.2) is 49.2 Å². The molecule has 0 saturated carbocycles. The summed E-state index contributed by atoms with van der Waals surface area (Å²) < 4.78 is 5.62. The Morgan fingerprint density at radius 1 is 1.47 bits per heavy atom. The lowest BCUT2D eigenvalue weighted by Crippen LogP contribution is -2.53. The molecule has 1 atom stereocenters. The van der Waals surface area contributed by atoms with E-state index in [9.17, 15) is 4.79 Å². The van der Waals surface area contributed by atoms with Gasteiger partial charge >= 0.3 is 0 Å². The number of piperidine rings is 1. The summed E-state index contributed by atoms with van der Waals surface area (Å²) >= 11 is 0. The van der Waals surface area contributed by atoms with Gasteiger partial charge in [-0.1, -0.05) is 0 Å². The van der Waals surface area contributed by atoms with E-state index in [2.05, 4.69) is 5.32 Å². The highest BCUT2D eigenvalue weighted by molar-refractivity contribution is 5.85. The Morgan fingerprint density at radius 3 is 2.82 bits per heavy atom. The number of carbonyl (C=O) groups excluding carboxylic acids is 1. The number of amides is 1. The van der Waals surface area contributed by atoms with Gasteiger partial charge in [-0.3, -0.25) is 4.79 Å². The van der Waals surface area contributed by atoms with Crippen LogP contribution in [-0.2, 0) is 9.53 Å². The lowest BCUT2D eigenvalue weighted by molar-refractivity contribution is -0.150. The predicted molar refractivity (Wildman–Crippen MR) is 69.5 cm³/mol. The van der Waals surface area contributed by atoms with Gasteiger partial charge in [0, 0.05) is 19.6 Å². The molecule has 0 aromatic rings. The van der Waals surface area contributed by atoms with Crippen molar-refractivity contribution >= 4 is 18.3 Å². The van der Waals surface area contributed by atoms with E-state index in [1.807, 2.05) is 18.7 Å². The summed E-state index contributed by atoms with van der Waals surface area (Å²) in [6, 6.07) is 0. The van der Waals surface area contributed by atoms with Crippen LogP contribution < -0.4 is 5.32 Å². The number of hydrogen-bond acceptors (Lipinski definition) is 3. The van der Waals surface area contributed by atoms with Crippen molar-refractivity contribution in [2.24, 2.45) is 5.92 Å². The number of nitrogens with zero attached hydrogens (tertiary/aromatic N) is 1. The highest BCUT2D eigenvalue weighted by atomic mass is 35.5. The van der Waals surface area contributed by atoms with Crippen molar-refractivity contribution in [3.63, 3.8) is 0 Å². The van der Waals surface area contributed by atoms with Crippen LogP contribution in [0.2, 0.25) is 0 Å². The number of nitrogens with one attached hydrogen (secondary N) is 1. The zero-order chi connectivity index (χ0) is 11.6.